The summed E-state index contributed by atoms with van der Waals surface area (Å²) in [6.07, 6.45) is 7.25. The molecular formula is C22H31N3O2. The first kappa shape index (κ1) is 18.5. The Labute approximate surface area is 162 Å². The van der Waals surface area contributed by atoms with Crippen molar-refractivity contribution in [1.82, 2.24) is 14.5 Å². The van der Waals surface area contributed by atoms with Gasteiger partial charge in [-0.25, -0.2) is 4.98 Å². The second-order valence-electron chi connectivity index (χ2n) is 8.52. The minimum atomic E-state index is -0.796. The number of fused-ring (bicyclic) bond motifs is 2. The van der Waals surface area contributed by atoms with E-state index in [1.165, 1.54) is 12.0 Å². The van der Waals surface area contributed by atoms with Gasteiger partial charge in [0.05, 0.1) is 6.10 Å². The van der Waals surface area contributed by atoms with Crippen LogP contribution in [0.2, 0.25) is 0 Å². The second-order valence-corrected chi connectivity index (χ2v) is 8.52. The Hall–Kier alpha value is -1.85. The zero-order valence-corrected chi connectivity index (χ0v) is 16.6. The minimum Gasteiger partial charge on any atom is -0.491 e. The summed E-state index contributed by atoms with van der Waals surface area (Å²) in [6.45, 7) is 6.83. The minimum absolute atomic E-state index is 0.183. The fourth-order valence-electron chi connectivity index (χ4n) is 5.04. The highest BCUT2D eigenvalue weighted by Crippen LogP contribution is 2.48. The van der Waals surface area contributed by atoms with Crippen LogP contribution in [0, 0.1) is 11.8 Å². The van der Waals surface area contributed by atoms with Crippen molar-refractivity contribution in [2.24, 2.45) is 18.9 Å². The van der Waals surface area contributed by atoms with Crippen molar-refractivity contribution in [2.75, 3.05) is 13.1 Å². The van der Waals surface area contributed by atoms with E-state index in [1.807, 2.05) is 23.9 Å². The smallest absolute Gasteiger partial charge is 0.141 e. The number of aliphatic hydroxyl groups is 1. The molecule has 5 nitrogen and oxygen atoms in total. The van der Waals surface area contributed by atoms with Crippen LogP contribution in [0.5, 0.6) is 5.75 Å². The lowest BCUT2D eigenvalue weighted by atomic mass is 9.65. The van der Waals surface area contributed by atoms with Crippen LogP contribution in [0.1, 0.15) is 44.5 Å². The molecule has 1 saturated carbocycles. The molecule has 1 aliphatic heterocycles. The normalized spacial score (nSPS) is 28.5. The standard InChI is InChI=1S/C22H31N3O2/c1-16(2)27-20-9-4-6-17(12-20)13-25-14-18-7-5-8-19(15-25)22(18,26)21-23-10-11-24(21)3/h4,6,9-12,16,18-19,26H,5,7-8,13-15H2,1-3H3/t18-,19-/m1/s1. The summed E-state index contributed by atoms with van der Waals surface area (Å²) < 4.78 is 7.84. The fraction of sp³-hybridized carbons (Fsp3) is 0.591. The first-order chi connectivity index (χ1) is 13.0. The third-order valence-electron chi connectivity index (χ3n) is 6.16. The number of hydrogen-bond acceptors (Lipinski definition) is 4. The van der Waals surface area contributed by atoms with Crippen molar-refractivity contribution >= 4 is 0 Å². The largest absolute Gasteiger partial charge is 0.491 e. The van der Waals surface area contributed by atoms with E-state index in [1.54, 1.807) is 6.20 Å². The molecule has 5 heteroatoms. The number of likely N-dealkylation sites (tertiary alicyclic amines) is 1. The molecular weight excluding hydrogens is 338 g/mol. The zero-order chi connectivity index (χ0) is 19.0. The summed E-state index contributed by atoms with van der Waals surface area (Å²) in [4.78, 5) is 7.02. The lowest BCUT2D eigenvalue weighted by molar-refractivity contribution is -0.155. The number of imidazole rings is 1. The number of benzene rings is 1. The molecule has 27 heavy (non-hydrogen) atoms. The van der Waals surface area contributed by atoms with Crippen LogP contribution >= 0.6 is 0 Å². The fourth-order valence-corrected chi connectivity index (χ4v) is 5.04. The van der Waals surface area contributed by atoms with Gasteiger partial charge in [-0.05, 0) is 44.4 Å². The third kappa shape index (κ3) is 3.50. The van der Waals surface area contributed by atoms with Crippen LogP contribution in [0.4, 0.5) is 0 Å². The molecule has 0 unspecified atom stereocenters. The summed E-state index contributed by atoms with van der Waals surface area (Å²) >= 11 is 0. The highest BCUT2D eigenvalue weighted by atomic mass is 16.5. The Morgan fingerprint density at radius 2 is 2.00 bits per heavy atom. The molecule has 2 heterocycles. The summed E-state index contributed by atoms with van der Waals surface area (Å²) in [5, 5.41) is 11.7. The van der Waals surface area contributed by atoms with Crippen LogP contribution in [0.3, 0.4) is 0 Å². The summed E-state index contributed by atoms with van der Waals surface area (Å²) in [6, 6.07) is 8.41. The molecule has 4 rings (SSSR count). The number of ether oxygens (including phenoxy) is 1. The van der Waals surface area contributed by atoms with Crippen molar-refractivity contribution in [1.29, 1.82) is 0 Å². The van der Waals surface area contributed by atoms with E-state index in [0.29, 0.717) is 0 Å². The number of rotatable bonds is 5. The first-order valence-corrected chi connectivity index (χ1v) is 10.1. The van der Waals surface area contributed by atoms with Gasteiger partial charge in [0, 0.05) is 50.9 Å². The topological polar surface area (TPSA) is 50.5 Å². The van der Waals surface area contributed by atoms with E-state index in [2.05, 4.69) is 41.9 Å². The number of aryl methyl sites for hydroxylation is 1. The Morgan fingerprint density at radius 3 is 2.63 bits per heavy atom. The lowest BCUT2D eigenvalue weighted by Crippen LogP contribution is -2.58. The number of piperidine rings is 1. The molecule has 2 fully saturated rings. The van der Waals surface area contributed by atoms with Crippen LogP contribution in [-0.2, 0) is 19.2 Å². The third-order valence-corrected chi connectivity index (χ3v) is 6.16. The van der Waals surface area contributed by atoms with E-state index in [-0.39, 0.29) is 17.9 Å². The molecule has 1 aromatic heterocycles. The van der Waals surface area contributed by atoms with Crippen molar-refractivity contribution in [3.05, 3.63) is 48.0 Å². The molecule has 2 aromatic rings. The van der Waals surface area contributed by atoms with Gasteiger partial charge in [-0.2, -0.15) is 0 Å². The van der Waals surface area contributed by atoms with Gasteiger partial charge >= 0.3 is 0 Å². The SMILES string of the molecule is CC(C)Oc1cccc(CN2C[C@H]3CCC[C@H](C2)C3(O)c2nccn2C)c1. The molecule has 2 atom stereocenters. The predicted molar refractivity (Wildman–Crippen MR) is 105 cm³/mol. The van der Waals surface area contributed by atoms with Gasteiger partial charge < -0.3 is 14.4 Å². The summed E-state index contributed by atoms with van der Waals surface area (Å²) in [5.74, 6) is 2.25. The first-order valence-electron chi connectivity index (χ1n) is 10.1. The van der Waals surface area contributed by atoms with Crippen LogP contribution < -0.4 is 4.74 Å². The lowest BCUT2D eigenvalue weighted by Gasteiger charge is -2.52. The molecule has 146 valence electrons. The van der Waals surface area contributed by atoms with Crippen LogP contribution in [0.15, 0.2) is 36.7 Å². The summed E-state index contributed by atoms with van der Waals surface area (Å²) in [7, 11) is 1.99. The highest BCUT2D eigenvalue weighted by molar-refractivity contribution is 5.29. The Morgan fingerprint density at radius 1 is 1.26 bits per heavy atom. The second kappa shape index (κ2) is 7.28. The average molecular weight is 370 g/mol. The molecule has 1 N–H and O–H groups in total. The van der Waals surface area contributed by atoms with Gasteiger partial charge in [0.15, 0.2) is 0 Å². The Kier molecular flexibility index (Phi) is 4.99. The average Bonchev–Trinajstić information content (AvgIpc) is 3.02. The van der Waals surface area contributed by atoms with Gasteiger partial charge in [0.25, 0.3) is 0 Å². The molecule has 0 radical (unpaired) electrons. The van der Waals surface area contributed by atoms with E-state index in [9.17, 15) is 5.11 Å². The van der Waals surface area contributed by atoms with Gasteiger partial charge in [-0.15, -0.1) is 0 Å². The van der Waals surface area contributed by atoms with Crippen molar-refractivity contribution in [3.8, 4) is 5.75 Å². The molecule has 2 bridgehead atoms. The quantitative estimate of drug-likeness (QED) is 0.878. The molecule has 1 aromatic carbocycles. The van der Waals surface area contributed by atoms with E-state index < -0.39 is 5.60 Å². The zero-order valence-electron chi connectivity index (χ0n) is 16.6. The summed E-state index contributed by atoms with van der Waals surface area (Å²) in [5.41, 5.74) is 0.476. The molecule has 1 saturated heterocycles. The Bertz CT molecular complexity index is 771. The number of aromatic nitrogens is 2. The maximum atomic E-state index is 11.7. The Balaban J connectivity index is 1.52. The molecule has 0 amide bonds. The van der Waals surface area contributed by atoms with Crippen molar-refractivity contribution in [2.45, 2.75) is 51.4 Å². The predicted octanol–water partition coefficient (Wildman–Crippen LogP) is 3.33. The van der Waals surface area contributed by atoms with Crippen molar-refractivity contribution < 1.29 is 9.84 Å². The number of hydrogen-bond donors (Lipinski definition) is 1. The number of nitrogens with zero attached hydrogens (tertiary/aromatic N) is 3. The van der Waals surface area contributed by atoms with Crippen molar-refractivity contribution in [3.63, 3.8) is 0 Å². The highest BCUT2D eigenvalue weighted by Gasteiger charge is 2.53. The van der Waals surface area contributed by atoms with Gasteiger partial charge in [0.2, 0.25) is 0 Å². The maximum absolute atomic E-state index is 11.7. The van der Waals surface area contributed by atoms with E-state index >= 15 is 0 Å². The van der Waals surface area contributed by atoms with Crippen LogP contribution in [0.25, 0.3) is 0 Å². The maximum Gasteiger partial charge on any atom is 0.141 e. The van der Waals surface area contributed by atoms with Gasteiger partial charge in [-0.3, -0.25) is 4.90 Å². The van der Waals surface area contributed by atoms with E-state index in [0.717, 1.165) is 44.0 Å². The molecule has 2 aliphatic rings. The monoisotopic (exact) mass is 369 g/mol. The molecule has 1 aliphatic carbocycles. The van der Waals surface area contributed by atoms with E-state index in [4.69, 9.17) is 4.74 Å². The van der Waals surface area contributed by atoms with Gasteiger partial charge in [-0.1, -0.05) is 18.6 Å². The van der Waals surface area contributed by atoms with Crippen LogP contribution in [-0.4, -0.2) is 38.8 Å². The molecule has 0 spiro atoms. The van der Waals surface area contributed by atoms with Gasteiger partial charge in [0.1, 0.15) is 17.2 Å².